The van der Waals surface area contributed by atoms with Gasteiger partial charge in [0.15, 0.2) is 0 Å². The van der Waals surface area contributed by atoms with Gasteiger partial charge in [0.2, 0.25) is 0 Å². The summed E-state index contributed by atoms with van der Waals surface area (Å²) >= 11 is 0. The zero-order valence-electron chi connectivity index (χ0n) is 11.2. The summed E-state index contributed by atoms with van der Waals surface area (Å²) in [5.74, 6) is 0. The molecule has 0 N–H and O–H groups in total. The summed E-state index contributed by atoms with van der Waals surface area (Å²) in [7, 11) is 0. The molecule has 0 unspecified atom stereocenters. The van der Waals surface area contributed by atoms with Gasteiger partial charge in [0.1, 0.15) is 0 Å². The first-order valence-corrected chi connectivity index (χ1v) is 4.00. The third kappa shape index (κ3) is 315. The molecule has 0 aromatic rings. The Morgan fingerprint density at radius 1 is 0.333 bits per heavy atom. The van der Waals surface area contributed by atoms with E-state index in [2.05, 4.69) is 0 Å². The Bertz CT molecular complexity index is 7.80. The third-order valence-electron chi connectivity index (χ3n) is 0. The van der Waals surface area contributed by atoms with Crippen molar-refractivity contribution < 1.29 is 65.4 Å². The van der Waals surface area contributed by atoms with E-state index < -0.39 is 0 Å². The van der Waals surface area contributed by atoms with E-state index in [4.69, 9.17) is 0 Å². The number of rotatable bonds is 0. The molecule has 78 valence electrons. The normalized spacial score (nSPS) is 2.00. The van der Waals surface area contributed by atoms with Gasteiger partial charge in [-0.3, -0.25) is 0 Å². The summed E-state index contributed by atoms with van der Waals surface area (Å²) in [4.78, 5) is 0. The maximum Gasteiger partial charge on any atom is 0 e. The van der Waals surface area contributed by atoms with Crippen LogP contribution >= 0.6 is 0 Å². The standard InChI is InChI=1S/4C2H6.2CH3.2Y/c4*1-2;;;;/h4*1-2H3;2*1H3;;/q;;;;2*-1;;. The van der Waals surface area contributed by atoms with Gasteiger partial charge in [-0.25, -0.2) is 0 Å². The zero-order valence-corrected chi connectivity index (χ0v) is 16.8. The van der Waals surface area contributed by atoms with Crippen LogP contribution in [0, 0.1) is 14.9 Å². The predicted octanol–water partition coefficient (Wildman–Crippen LogP) is 5.00. The Hall–Kier alpha value is 2.21. The second kappa shape index (κ2) is 404. The fourth-order valence-corrected chi connectivity index (χ4v) is 0. The summed E-state index contributed by atoms with van der Waals surface area (Å²) in [6.45, 7) is 16.0. The molecule has 0 fully saturated rings. The second-order valence-corrected chi connectivity index (χ2v) is 0. The summed E-state index contributed by atoms with van der Waals surface area (Å²) < 4.78 is 0. The van der Waals surface area contributed by atoms with Crippen LogP contribution in [0.5, 0.6) is 0 Å². The van der Waals surface area contributed by atoms with Gasteiger partial charge >= 0.3 is 0 Å². The number of hydrogen-bond donors (Lipinski definition) is 0. The molecule has 0 spiro atoms. The minimum Gasteiger partial charge on any atom is -0.358 e. The van der Waals surface area contributed by atoms with Gasteiger partial charge in [-0.2, -0.15) is 0 Å². The largest absolute Gasteiger partial charge is 0.358 e. The number of hydrogen-bond acceptors (Lipinski definition) is 0. The molecule has 0 amide bonds. The monoisotopic (exact) mass is 328 g/mol. The molecule has 0 atom stereocenters. The first-order chi connectivity index (χ1) is 4.00. The van der Waals surface area contributed by atoms with Gasteiger partial charge in [-0.1, -0.05) is 55.4 Å². The van der Waals surface area contributed by atoms with E-state index in [-0.39, 0.29) is 80.3 Å². The van der Waals surface area contributed by atoms with Crippen LogP contribution in [-0.4, -0.2) is 0 Å². The van der Waals surface area contributed by atoms with Crippen molar-refractivity contribution in [3.05, 3.63) is 14.9 Å². The van der Waals surface area contributed by atoms with E-state index in [0.717, 1.165) is 0 Å². The second-order valence-electron chi connectivity index (χ2n) is 0. The Labute approximate surface area is 134 Å². The Kier molecular flexibility index (Phi) is 2160. The fourth-order valence-electron chi connectivity index (χ4n) is 0. The molecule has 0 saturated heterocycles. The van der Waals surface area contributed by atoms with Crippen molar-refractivity contribution in [3.8, 4) is 0 Å². The molecule has 2 heteroatoms. The predicted molar refractivity (Wildman–Crippen MR) is 58.2 cm³/mol. The van der Waals surface area contributed by atoms with E-state index in [9.17, 15) is 0 Å². The van der Waals surface area contributed by atoms with Crippen LogP contribution in [0.15, 0.2) is 0 Å². The third-order valence-corrected chi connectivity index (χ3v) is 0. The van der Waals surface area contributed by atoms with Crippen LogP contribution in [0.25, 0.3) is 0 Å². The molecule has 0 aliphatic carbocycles. The van der Waals surface area contributed by atoms with E-state index in [0.29, 0.717) is 0 Å². The molecule has 0 aliphatic rings. The Morgan fingerprint density at radius 3 is 0.333 bits per heavy atom. The summed E-state index contributed by atoms with van der Waals surface area (Å²) in [5.41, 5.74) is 0. The van der Waals surface area contributed by atoms with Crippen LogP contribution in [0.3, 0.4) is 0 Å². The van der Waals surface area contributed by atoms with Crippen molar-refractivity contribution in [2.75, 3.05) is 0 Å². The minimum absolute atomic E-state index is 0. The topological polar surface area (TPSA) is 0 Å². The molecular weight excluding hydrogens is 298 g/mol. The van der Waals surface area contributed by atoms with Gasteiger partial charge in [-0.15, -0.1) is 0 Å². The minimum atomic E-state index is 0. The van der Waals surface area contributed by atoms with Crippen LogP contribution in [0.2, 0.25) is 0 Å². The van der Waals surface area contributed by atoms with Gasteiger partial charge in [0.05, 0.1) is 0 Å². The van der Waals surface area contributed by atoms with Gasteiger partial charge in [0.25, 0.3) is 0 Å². The molecule has 0 aromatic heterocycles. The smallest absolute Gasteiger partial charge is 0 e. The summed E-state index contributed by atoms with van der Waals surface area (Å²) in [6.07, 6.45) is 0. The maximum absolute atomic E-state index is 2.00. The van der Waals surface area contributed by atoms with Gasteiger partial charge in [0, 0.05) is 65.4 Å². The van der Waals surface area contributed by atoms with E-state index in [1.165, 1.54) is 0 Å². The van der Waals surface area contributed by atoms with Crippen LogP contribution in [0.4, 0.5) is 0 Å². The van der Waals surface area contributed by atoms with E-state index in [1.807, 2.05) is 55.4 Å². The molecule has 0 nitrogen and oxygen atoms in total. The zero-order chi connectivity index (χ0) is 8.00. The van der Waals surface area contributed by atoms with E-state index in [1.54, 1.807) is 0 Å². The summed E-state index contributed by atoms with van der Waals surface area (Å²) in [5, 5.41) is 0. The first-order valence-electron chi connectivity index (χ1n) is 4.00. The molecule has 0 bridgehead atoms. The van der Waals surface area contributed by atoms with Gasteiger partial charge < -0.3 is 14.9 Å². The maximum atomic E-state index is 2.00. The van der Waals surface area contributed by atoms with Crippen molar-refractivity contribution in [2.45, 2.75) is 55.4 Å². The first kappa shape index (κ1) is 64.3. The van der Waals surface area contributed by atoms with Gasteiger partial charge in [-0.05, 0) is 0 Å². The molecular formula is C10H30Y2-2. The fraction of sp³-hybridized carbons (Fsp3) is 0.800. The molecule has 0 saturated carbocycles. The van der Waals surface area contributed by atoms with Crippen LogP contribution in [0.1, 0.15) is 55.4 Å². The van der Waals surface area contributed by atoms with Crippen LogP contribution < -0.4 is 0 Å². The average molecular weight is 328 g/mol. The Morgan fingerprint density at radius 2 is 0.333 bits per heavy atom. The molecule has 12 heavy (non-hydrogen) atoms. The Balaban J connectivity index is -0.00000000267. The molecule has 0 aliphatic heterocycles. The molecule has 0 aromatic carbocycles. The molecule has 0 rings (SSSR count). The van der Waals surface area contributed by atoms with Crippen LogP contribution in [-0.2, 0) is 65.4 Å². The van der Waals surface area contributed by atoms with Crippen molar-refractivity contribution >= 4 is 0 Å². The molecule has 0 heterocycles. The van der Waals surface area contributed by atoms with E-state index >= 15 is 0 Å². The van der Waals surface area contributed by atoms with Crippen molar-refractivity contribution in [2.24, 2.45) is 0 Å². The summed E-state index contributed by atoms with van der Waals surface area (Å²) in [6, 6.07) is 0. The quantitative estimate of drug-likeness (QED) is 0.549. The SMILES string of the molecule is CC.CC.CC.CC.[CH3-].[CH3-].[Y].[Y]. The van der Waals surface area contributed by atoms with Crippen molar-refractivity contribution in [1.29, 1.82) is 0 Å². The van der Waals surface area contributed by atoms with Crippen molar-refractivity contribution in [3.63, 3.8) is 0 Å². The average Bonchev–Trinajstić information content (AvgIpc) is 2.03. The molecule has 2 radical (unpaired) electrons. The van der Waals surface area contributed by atoms with Crippen molar-refractivity contribution in [1.82, 2.24) is 0 Å².